The van der Waals surface area contributed by atoms with Crippen LogP contribution < -0.4 is 15.4 Å². The molecular formula is C16H22N4O3. The van der Waals surface area contributed by atoms with Crippen LogP contribution in [0.2, 0.25) is 0 Å². The first-order valence-electron chi connectivity index (χ1n) is 7.43. The summed E-state index contributed by atoms with van der Waals surface area (Å²) in [5.41, 5.74) is 0.639. The molecule has 2 atom stereocenters. The minimum absolute atomic E-state index is 0.0849. The highest BCUT2D eigenvalue weighted by atomic mass is 16.5. The van der Waals surface area contributed by atoms with E-state index in [4.69, 9.17) is 4.74 Å². The molecule has 1 aromatic heterocycles. The standard InChI is InChI=1S/C16H22N4O3/c1-12(11-20-9-5-8-18-20)19-16(22)17-10-14(21)13-6-3-4-7-15(13)23-2/h3-9,12,14,21H,10-11H2,1-2H3,(H2,17,19,22)/t12-,14+/m0/s1. The van der Waals surface area contributed by atoms with Gasteiger partial charge in [-0.3, -0.25) is 4.68 Å². The fraction of sp³-hybridized carbons (Fsp3) is 0.375. The molecule has 3 N–H and O–H groups in total. The van der Waals surface area contributed by atoms with Gasteiger partial charge in [0.15, 0.2) is 0 Å². The average molecular weight is 318 g/mol. The summed E-state index contributed by atoms with van der Waals surface area (Å²) in [6.45, 7) is 2.56. The van der Waals surface area contributed by atoms with Crippen molar-refractivity contribution < 1.29 is 14.6 Å². The molecule has 0 aliphatic heterocycles. The lowest BCUT2D eigenvalue weighted by molar-refractivity contribution is 0.168. The fourth-order valence-electron chi connectivity index (χ4n) is 2.25. The van der Waals surface area contributed by atoms with Crippen LogP contribution in [0.15, 0.2) is 42.7 Å². The molecule has 0 unspecified atom stereocenters. The summed E-state index contributed by atoms with van der Waals surface area (Å²) in [6.07, 6.45) is 2.69. The highest BCUT2D eigenvalue weighted by Crippen LogP contribution is 2.23. The van der Waals surface area contributed by atoms with Gasteiger partial charge in [0.25, 0.3) is 0 Å². The number of aliphatic hydroxyl groups is 1. The maximum absolute atomic E-state index is 11.9. The highest BCUT2D eigenvalue weighted by Gasteiger charge is 2.14. The molecule has 1 aromatic carbocycles. The van der Waals surface area contributed by atoms with Crippen LogP contribution in [0, 0.1) is 0 Å². The van der Waals surface area contributed by atoms with E-state index < -0.39 is 6.10 Å². The average Bonchev–Trinajstić information content (AvgIpc) is 3.05. The zero-order valence-corrected chi connectivity index (χ0v) is 13.3. The van der Waals surface area contributed by atoms with E-state index in [0.29, 0.717) is 17.9 Å². The van der Waals surface area contributed by atoms with Gasteiger partial charge >= 0.3 is 6.03 Å². The van der Waals surface area contributed by atoms with Gasteiger partial charge in [0.2, 0.25) is 0 Å². The van der Waals surface area contributed by atoms with Crippen LogP contribution >= 0.6 is 0 Å². The van der Waals surface area contributed by atoms with Gasteiger partial charge < -0.3 is 20.5 Å². The van der Waals surface area contributed by atoms with Gasteiger partial charge in [0.1, 0.15) is 5.75 Å². The number of nitrogens with zero attached hydrogens (tertiary/aromatic N) is 2. The SMILES string of the molecule is COc1ccccc1[C@H](O)CNC(=O)N[C@@H](C)Cn1cccn1. The maximum atomic E-state index is 11.9. The number of para-hydroxylation sites is 1. The van der Waals surface area contributed by atoms with Crippen LogP contribution in [-0.2, 0) is 6.54 Å². The van der Waals surface area contributed by atoms with Crippen molar-refractivity contribution in [1.82, 2.24) is 20.4 Å². The van der Waals surface area contributed by atoms with Gasteiger partial charge in [0.05, 0.1) is 19.8 Å². The van der Waals surface area contributed by atoms with Crippen molar-refractivity contribution in [3.8, 4) is 5.75 Å². The van der Waals surface area contributed by atoms with Gasteiger partial charge in [-0.1, -0.05) is 18.2 Å². The van der Waals surface area contributed by atoms with Crippen molar-refractivity contribution in [3.63, 3.8) is 0 Å². The van der Waals surface area contributed by atoms with E-state index in [1.54, 1.807) is 30.1 Å². The summed E-state index contributed by atoms with van der Waals surface area (Å²) < 4.78 is 6.94. The molecular weight excluding hydrogens is 296 g/mol. The lowest BCUT2D eigenvalue weighted by atomic mass is 10.1. The smallest absolute Gasteiger partial charge is 0.315 e. The Hall–Kier alpha value is -2.54. The van der Waals surface area contributed by atoms with Crippen LogP contribution in [0.4, 0.5) is 4.79 Å². The van der Waals surface area contributed by atoms with E-state index in [-0.39, 0.29) is 18.6 Å². The van der Waals surface area contributed by atoms with E-state index in [1.165, 1.54) is 0 Å². The number of hydrogen-bond donors (Lipinski definition) is 3. The molecule has 2 rings (SSSR count). The zero-order chi connectivity index (χ0) is 16.7. The van der Waals surface area contributed by atoms with Crippen molar-refractivity contribution >= 4 is 6.03 Å². The Morgan fingerprint density at radius 2 is 2.17 bits per heavy atom. The number of aliphatic hydroxyl groups excluding tert-OH is 1. The number of urea groups is 1. The number of carbonyl (C=O) groups is 1. The van der Waals surface area contributed by atoms with Crippen LogP contribution in [0.25, 0.3) is 0 Å². The first-order chi connectivity index (χ1) is 11.1. The number of aromatic nitrogens is 2. The van der Waals surface area contributed by atoms with E-state index in [9.17, 15) is 9.90 Å². The summed E-state index contributed by atoms with van der Waals surface area (Å²) in [5, 5.41) is 19.7. The van der Waals surface area contributed by atoms with Crippen LogP contribution in [0.1, 0.15) is 18.6 Å². The van der Waals surface area contributed by atoms with Gasteiger partial charge in [0, 0.05) is 30.5 Å². The normalized spacial score (nSPS) is 13.2. The molecule has 0 saturated carbocycles. The number of rotatable bonds is 7. The van der Waals surface area contributed by atoms with Gasteiger partial charge in [-0.15, -0.1) is 0 Å². The Kier molecular flexibility index (Phi) is 5.99. The minimum Gasteiger partial charge on any atom is -0.496 e. The number of carbonyl (C=O) groups excluding carboxylic acids is 1. The lowest BCUT2D eigenvalue weighted by Crippen LogP contribution is -2.43. The molecule has 2 amide bonds. The number of benzene rings is 1. The van der Waals surface area contributed by atoms with Crippen molar-refractivity contribution in [2.75, 3.05) is 13.7 Å². The number of nitrogens with one attached hydrogen (secondary N) is 2. The zero-order valence-electron chi connectivity index (χ0n) is 13.3. The molecule has 0 bridgehead atoms. The molecule has 0 spiro atoms. The third-order valence-electron chi connectivity index (χ3n) is 3.35. The summed E-state index contributed by atoms with van der Waals surface area (Å²) in [4.78, 5) is 11.9. The molecule has 0 aliphatic rings. The molecule has 7 nitrogen and oxygen atoms in total. The molecule has 0 fully saturated rings. The van der Waals surface area contributed by atoms with Gasteiger partial charge in [-0.2, -0.15) is 5.10 Å². The second kappa shape index (κ2) is 8.19. The Bertz CT molecular complexity index is 616. The largest absolute Gasteiger partial charge is 0.496 e. The second-order valence-electron chi connectivity index (χ2n) is 5.24. The first kappa shape index (κ1) is 16.8. The first-order valence-corrected chi connectivity index (χ1v) is 7.43. The van der Waals surface area contributed by atoms with E-state index in [2.05, 4.69) is 15.7 Å². The molecule has 1 heterocycles. The predicted molar refractivity (Wildman–Crippen MR) is 86.2 cm³/mol. The van der Waals surface area contributed by atoms with E-state index >= 15 is 0 Å². The quantitative estimate of drug-likeness (QED) is 0.718. The van der Waals surface area contributed by atoms with E-state index in [0.717, 1.165) is 0 Å². The number of ether oxygens (including phenoxy) is 1. The Morgan fingerprint density at radius 1 is 1.39 bits per heavy atom. The second-order valence-corrected chi connectivity index (χ2v) is 5.24. The summed E-state index contributed by atoms with van der Waals surface area (Å²) >= 11 is 0. The van der Waals surface area contributed by atoms with Crippen LogP contribution in [0.5, 0.6) is 5.75 Å². The molecule has 2 aromatic rings. The molecule has 124 valence electrons. The van der Waals surface area contributed by atoms with Gasteiger partial charge in [-0.25, -0.2) is 4.79 Å². The summed E-state index contributed by atoms with van der Waals surface area (Å²) in [6, 6.07) is 8.58. The molecule has 23 heavy (non-hydrogen) atoms. The highest BCUT2D eigenvalue weighted by molar-refractivity contribution is 5.74. The van der Waals surface area contributed by atoms with Gasteiger partial charge in [-0.05, 0) is 19.1 Å². The molecule has 0 radical (unpaired) electrons. The van der Waals surface area contributed by atoms with Crippen molar-refractivity contribution in [1.29, 1.82) is 0 Å². The summed E-state index contributed by atoms with van der Waals surface area (Å²) in [5.74, 6) is 0.592. The monoisotopic (exact) mass is 318 g/mol. The molecule has 0 aliphatic carbocycles. The fourth-order valence-corrected chi connectivity index (χ4v) is 2.25. The number of methoxy groups -OCH3 is 1. The Morgan fingerprint density at radius 3 is 2.87 bits per heavy atom. The van der Waals surface area contributed by atoms with E-state index in [1.807, 2.05) is 31.3 Å². The van der Waals surface area contributed by atoms with Crippen molar-refractivity contribution in [2.24, 2.45) is 0 Å². The van der Waals surface area contributed by atoms with Crippen LogP contribution in [0.3, 0.4) is 0 Å². The lowest BCUT2D eigenvalue weighted by Gasteiger charge is -2.18. The summed E-state index contributed by atoms with van der Waals surface area (Å²) in [7, 11) is 1.54. The molecule has 7 heteroatoms. The van der Waals surface area contributed by atoms with Crippen LogP contribution in [-0.4, -0.2) is 40.6 Å². The number of amides is 2. The Labute approximate surface area is 135 Å². The maximum Gasteiger partial charge on any atom is 0.315 e. The third kappa shape index (κ3) is 5.00. The number of hydrogen-bond acceptors (Lipinski definition) is 4. The Balaban J connectivity index is 1.79. The van der Waals surface area contributed by atoms with Crippen molar-refractivity contribution in [3.05, 3.63) is 48.3 Å². The van der Waals surface area contributed by atoms with Crippen molar-refractivity contribution in [2.45, 2.75) is 25.6 Å². The topological polar surface area (TPSA) is 88.4 Å². The predicted octanol–water partition coefficient (Wildman–Crippen LogP) is 1.31. The minimum atomic E-state index is -0.835. The molecule has 0 saturated heterocycles. The third-order valence-corrected chi connectivity index (χ3v) is 3.35.